The Labute approximate surface area is 139 Å². The minimum atomic E-state index is -0.268. The first kappa shape index (κ1) is 15.9. The summed E-state index contributed by atoms with van der Waals surface area (Å²) in [6.07, 6.45) is 5.00. The molecule has 0 saturated carbocycles. The van der Waals surface area contributed by atoms with Crippen LogP contribution in [0.4, 0.5) is 11.5 Å². The molecule has 1 aromatic heterocycles. The highest BCUT2D eigenvalue weighted by Crippen LogP contribution is 2.15. The van der Waals surface area contributed by atoms with Crippen LogP contribution in [-0.2, 0) is 4.74 Å². The van der Waals surface area contributed by atoms with E-state index in [1.165, 1.54) is 12.4 Å². The molecule has 3 rings (SSSR count). The molecule has 1 atom stereocenters. The Morgan fingerprint density at radius 3 is 3.00 bits per heavy atom. The maximum Gasteiger partial charge on any atom is 0.271 e. The summed E-state index contributed by atoms with van der Waals surface area (Å²) in [4.78, 5) is 20.3. The van der Waals surface area contributed by atoms with Crippen LogP contribution in [0.2, 0.25) is 0 Å². The van der Waals surface area contributed by atoms with Gasteiger partial charge in [0.1, 0.15) is 11.5 Å². The Kier molecular flexibility index (Phi) is 4.99. The molecule has 2 heterocycles. The van der Waals surface area contributed by atoms with E-state index in [1.54, 1.807) is 18.2 Å². The predicted molar refractivity (Wildman–Crippen MR) is 87.8 cm³/mol. The van der Waals surface area contributed by atoms with Gasteiger partial charge in [0.15, 0.2) is 0 Å². The van der Waals surface area contributed by atoms with Gasteiger partial charge >= 0.3 is 0 Å². The highest BCUT2D eigenvalue weighted by atomic mass is 16.5. The molecule has 1 aromatic carbocycles. The third kappa shape index (κ3) is 4.06. The fraction of sp³-hybridized carbons (Fsp3) is 0.294. The quantitative estimate of drug-likeness (QED) is 0.873. The number of hydrogen-bond donors (Lipinski definition) is 2. The zero-order valence-corrected chi connectivity index (χ0v) is 13.0. The smallest absolute Gasteiger partial charge is 0.271 e. The molecule has 2 aromatic rings. The molecule has 1 aliphatic rings. The number of nitriles is 1. The number of nitrogens with zero attached hydrogens (tertiary/aromatic N) is 3. The average Bonchev–Trinajstić information content (AvgIpc) is 3.14. The van der Waals surface area contributed by atoms with Crippen LogP contribution in [-0.4, -0.2) is 35.1 Å². The van der Waals surface area contributed by atoms with Crippen molar-refractivity contribution in [2.75, 3.05) is 18.5 Å². The molecule has 7 heteroatoms. The second-order valence-corrected chi connectivity index (χ2v) is 5.45. The van der Waals surface area contributed by atoms with E-state index in [9.17, 15) is 4.79 Å². The number of rotatable bonds is 5. The van der Waals surface area contributed by atoms with Crippen molar-refractivity contribution >= 4 is 17.4 Å². The first-order valence-electron chi connectivity index (χ1n) is 7.73. The predicted octanol–water partition coefficient (Wildman–Crippen LogP) is 2.00. The summed E-state index contributed by atoms with van der Waals surface area (Å²) in [5.41, 5.74) is 1.54. The summed E-state index contributed by atoms with van der Waals surface area (Å²) in [6.45, 7) is 1.25. The number of benzene rings is 1. The summed E-state index contributed by atoms with van der Waals surface area (Å²) in [5, 5.41) is 14.7. The lowest BCUT2D eigenvalue weighted by molar-refractivity contribution is 0.0853. The number of carbonyl (C=O) groups excluding carboxylic acids is 1. The van der Waals surface area contributed by atoms with E-state index in [2.05, 4.69) is 26.7 Å². The van der Waals surface area contributed by atoms with Crippen molar-refractivity contribution in [2.45, 2.75) is 18.9 Å². The van der Waals surface area contributed by atoms with Crippen molar-refractivity contribution in [2.24, 2.45) is 0 Å². The number of ether oxygens (including phenoxy) is 1. The molecule has 1 aliphatic heterocycles. The second kappa shape index (κ2) is 7.53. The number of amides is 1. The lowest BCUT2D eigenvalue weighted by Gasteiger charge is -2.10. The van der Waals surface area contributed by atoms with Gasteiger partial charge in [0.25, 0.3) is 5.91 Å². The van der Waals surface area contributed by atoms with Crippen molar-refractivity contribution in [1.29, 1.82) is 5.26 Å². The fourth-order valence-electron chi connectivity index (χ4n) is 2.43. The summed E-state index contributed by atoms with van der Waals surface area (Å²) in [5.74, 6) is 0.233. The number of hydrogen-bond acceptors (Lipinski definition) is 6. The molecule has 1 fully saturated rings. The maximum absolute atomic E-state index is 12.0. The van der Waals surface area contributed by atoms with Crippen molar-refractivity contribution in [1.82, 2.24) is 15.3 Å². The van der Waals surface area contributed by atoms with Crippen LogP contribution in [0.15, 0.2) is 36.7 Å². The molecular weight excluding hydrogens is 306 g/mol. The highest BCUT2D eigenvalue weighted by Gasteiger charge is 2.17. The van der Waals surface area contributed by atoms with Crippen molar-refractivity contribution in [3.8, 4) is 6.07 Å². The number of carbonyl (C=O) groups is 1. The molecule has 122 valence electrons. The van der Waals surface area contributed by atoms with Crippen molar-refractivity contribution < 1.29 is 9.53 Å². The van der Waals surface area contributed by atoms with E-state index < -0.39 is 0 Å². The van der Waals surface area contributed by atoms with Crippen LogP contribution in [0.3, 0.4) is 0 Å². The van der Waals surface area contributed by atoms with Gasteiger partial charge in [-0.3, -0.25) is 4.79 Å². The van der Waals surface area contributed by atoms with Crippen LogP contribution < -0.4 is 10.6 Å². The van der Waals surface area contributed by atoms with E-state index >= 15 is 0 Å². The van der Waals surface area contributed by atoms with Gasteiger partial charge in [0, 0.05) is 18.8 Å². The molecule has 0 aliphatic carbocycles. The van der Waals surface area contributed by atoms with Crippen LogP contribution >= 0.6 is 0 Å². The van der Waals surface area contributed by atoms with E-state index in [0.717, 1.165) is 25.1 Å². The molecule has 7 nitrogen and oxygen atoms in total. The Morgan fingerprint density at radius 1 is 1.38 bits per heavy atom. The van der Waals surface area contributed by atoms with Crippen LogP contribution in [0.25, 0.3) is 0 Å². The number of aromatic nitrogens is 2. The fourth-order valence-corrected chi connectivity index (χ4v) is 2.43. The van der Waals surface area contributed by atoms with Crippen LogP contribution in [0.1, 0.15) is 28.9 Å². The highest BCUT2D eigenvalue weighted by molar-refractivity contribution is 5.92. The van der Waals surface area contributed by atoms with E-state index in [1.807, 2.05) is 6.07 Å². The van der Waals surface area contributed by atoms with Gasteiger partial charge in [0.2, 0.25) is 0 Å². The molecule has 0 radical (unpaired) electrons. The Hall–Kier alpha value is -2.98. The number of anilines is 2. The molecule has 0 spiro atoms. The molecule has 2 N–H and O–H groups in total. The maximum atomic E-state index is 12.0. The standard InChI is InChI=1S/C17H17N5O2/c18-8-12-3-1-4-13(7-12)22-16-11-19-15(10-20-16)17(23)21-9-14-5-2-6-24-14/h1,3-4,7,10-11,14H,2,5-6,9H2,(H,20,22)(H,21,23). The zero-order valence-electron chi connectivity index (χ0n) is 13.0. The molecule has 1 unspecified atom stereocenters. The second-order valence-electron chi connectivity index (χ2n) is 5.45. The SMILES string of the molecule is N#Cc1cccc(Nc2cnc(C(=O)NCC3CCCO3)cn2)c1. The van der Waals surface area contributed by atoms with Crippen molar-refractivity contribution in [3.63, 3.8) is 0 Å². The van der Waals surface area contributed by atoms with E-state index in [0.29, 0.717) is 17.9 Å². The van der Waals surface area contributed by atoms with Gasteiger partial charge in [-0.25, -0.2) is 9.97 Å². The monoisotopic (exact) mass is 323 g/mol. The van der Waals surface area contributed by atoms with Gasteiger partial charge in [-0.1, -0.05) is 6.07 Å². The van der Waals surface area contributed by atoms with Gasteiger partial charge in [-0.15, -0.1) is 0 Å². The third-order valence-corrected chi connectivity index (χ3v) is 3.66. The molecule has 24 heavy (non-hydrogen) atoms. The van der Waals surface area contributed by atoms with Crippen molar-refractivity contribution in [3.05, 3.63) is 47.9 Å². The molecule has 0 bridgehead atoms. The lowest BCUT2D eigenvalue weighted by Crippen LogP contribution is -2.32. The summed E-state index contributed by atoms with van der Waals surface area (Å²) in [7, 11) is 0. The van der Waals surface area contributed by atoms with E-state index in [4.69, 9.17) is 10.00 Å². The summed E-state index contributed by atoms with van der Waals surface area (Å²) >= 11 is 0. The van der Waals surface area contributed by atoms with Gasteiger partial charge in [-0.2, -0.15) is 5.26 Å². The first-order valence-corrected chi connectivity index (χ1v) is 7.73. The molecular formula is C17H17N5O2. The molecule has 1 saturated heterocycles. The largest absolute Gasteiger partial charge is 0.376 e. The molecule has 1 amide bonds. The Bertz CT molecular complexity index is 748. The summed E-state index contributed by atoms with van der Waals surface area (Å²) < 4.78 is 5.46. The normalized spacial score (nSPS) is 16.4. The van der Waals surface area contributed by atoms with Gasteiger partial charge in [0.05, 0.1) is 30.1 Å². The van der Waals surface area contributed by atoms with Gasteiger partial charge < -0.3 is 15.4 Å². The van der Waals surface area contributed by atoms with Crippen LogP contribution in [0.5, 0.6) is 0 Å². The first-order chi connectivity index (χ1) is 11.7. The minimum absolute atomic E-state index is 0.0928. The Balaban J connectivity index is 1.58. The minimum Gasteiger partial charge on any atom is -0.376 e. The zero-order chi connectivity index (χ0) is 16.8. The lowest BCUT2D eigenvalue weighted by atomic mass is 10.2. The van der Waals surface area contributed by atoms with Gasteiger partial charge in [-0.05, 0) is 31.0 Å². The summed E-state index contributed by atoms with van der Waals surface area (Å²) in [6, 6.07) is 9.11. The van der Waals surface area contributed by atoms with E-state index in [-0.39, 0.29) is 17.7 Å². The van der Waals surface area contributed by atoms with Crippen LogP contribution in [0, 0.1) is 11.3 Å². The third-order valence-electron chi connectivity index (χ3n) is 3.66. The topological polar surface area (TPSA) is 99.9 Å². The average molecular weight is 323 g/mol. The Morgan fingerprint density at radius 2 is 2.29 bits per heavy atom. The number of nitrogens with one attached hydrogen (secondary N) is 2.